The minimum absolute atomic E-state index is 0.148. The van der Waals surface area contributed by atoms with E-state index in [4.69, 9.17) is 15.3 Å². The van der Waals surface area contributed by atoms with Crippen molar-refractivity contribution in [3.8, 4) is 0 Å². The molecule has 0 unspecified atom stereocenters. The summed E-state index contributed by atoms with van der Waals surface area (Å²) in [6.07, 6.45) is 1.94. The summed E-state index contributed by atoms with van der Waals surface area (Å²) in [6.45, 7) is 2.24. The van der Waals surface area contributed by atoms with Crippen molar-refractivity contribution in [3.63, 3.8) is 0 Å². The number of rotatable bonds is 5. The van der Waals surface area contributed by atoms with E-state index in [2.05, 4.69) is 0 Å². The summed E-state index contributed by atoms with van der Waals surface area (Å²) in [5.74, 6) is 4.68. The van der Waals surface area contributed by atoms with E-state index in [0.717, 1.165) is 26.1 Å². The van der Waals surface area contributed by atoms with E-state index in [0.29, 0.717) is 23.7 Å². The number of carbonyl (C=O) groups excluding carboxylic acids is 1. The molecule has 1 aromatic carbocycles. The molecule has 1 aliphatic rings. The highest BCUT2D eigenvalue weighted by atomic mass is 19.1. The highest BCUT2D eigenvalue weighted by Crippen LogP contribution is 2.17. The van der Waals surface area contributed by atoms with E-state index in [9.17, 15) is 9.18 Å². The maximum absolute atomic E-state index is 13.6. The molecular formula is C14H19FN2O3. The lowest BCUT2D eigenvalue weighted by atomic mass is 10.0. The van der Waals surface area contributed by atoms with Crippen LogP contribution in [0.15, 0.2) is 18.2 Å². The van der Waals surface area contributed by atoms with E-state index < -0.39 is 5.91 Å². The average Bonchev–Trinajstić information content (AvgIpc) is 2.49. The summed E-state index contributed by atoms with van der Waals surface area (Å²) in [6, 6.07) is 4.10. The second-order valence-electron chi connectivity index (χ2n) is 4.85. The molecule has 0 aromatic heterocycles. The zero-order valence-electron chi connectivity index (χ0n) is 11.2. The molecule has 1 amide bonds. The second kappa shape index (κ2) is 7.33. The molecule has 5 nitrogen and oxygen atoms in total. The Morgan fingerprint density at radius 3 is 2.90 bits per heavy atom. The lowest BCUT2D eigenvalue weighted by Crippen LogP contribution is -2.30. The van der Waals surface area contributed by atoms with Crippen LogP contribution in [0.25, 0.3) is 0 Å². The van der Waals surface area contributed by atoms with Gasteiger partial charge >= 0.3 is 0 Å². The van der Waals surface area contributed by atoms with Crippen molar-refractivity contribution >= 4 is 5.91 Å². The molecule has 1 fully saturated rings. The van der Waals surface area contributed by atoms with Gasteiger partial charge < -0.3 is 9.47 Å². The Labute approximate surface area is 117 Å². The first-order chi connectivity index (χ1) is 9.70. The molecule has 0 radical (unpaired) electrons. The Morgan fingerprint density at radius 1 is 1.45 bits per heavy atom. The Bertz CT molecular complexity index is 462. The second-order valence-corrected chi connectivity index (χ2v) is 4.85. The fourth-order valence-electron chi connectivity index (χ4n) is 2.16. The number of carbonyl (C=O) groups is 1. The summed E-state index contributed by atoms with van der Waals surface area (Å²) < 4.78 is 24.5. The number of amides is 1. The number of nitrogens with one attached hydrogen (secondary N) is 1. The summed E-state index contributed by atoms with van der Waals surface area (Å²) >= 11 is 0. The fourth-order valence-corrected chi connectivity index (χ4v) is 2.16. The molecule has 0 atom stereocenters. The largest absolute Gasteiger partial charge is 0.381 e. The quantitative estimate of drug-likeness (QED) is 0.486. The third-order valence-electron chi connectivity index (χ3n) is 3.39. The molecule has 1 saturated heterocycles. The Kier molecular flexibility index (Phi) is 5.46. The zero-order valence-corrected chi connectivity index (χ0v) is 11.2. The molecule has 20 heavy (non-hydrogen) atoms. The molecule has 0 bridgehead atoms. The molecular weight excluding hydrogens is 263 g/mol. The Hall–Kier alpha value is -1.50. The van der Waals surface area contributed by atoms with Crippen molar-refractivity contribution in [2.45, 2.75) is 19.4 Å². The smallest absolute Gasteiger partial charge is 0.265 e. The van der Waals surface area contributed by atoms with Gasteiger partial charge in [-0.15, -0.1) is 0 Å². The van der Waals surface area contributed by atoms with Gasteiger partial charge in [0.05, 0.1) is 13.2 Å². The van der Waals surface area contributed by atoms with Crippen LogP contribution in [0.3, 0.4) is 0 Å². The van der Waals surface area contributed by atoms with Gasteiger partial charge in [-0.3, -0.25) is 10.2 Å². The number of hydrazine groups is 1. The zero-order chi connectivity index (χ0) is 14.4. The van der Waals surface area contributed by atoms with Crippen LogP contribution in [-0.4, -0.2) is 25.7 Å². The summed E-state index contributed by atoms with van der Waals surface area (Å²) in [7, 11) is 0. The predicted octanol–water partition coefficient (Wildman–Crippen LogP) is 1.37. The van der Waals surface area contributed by atoms with Gasteiger partial charge in [-0.05, 0) is 37.0 Å². The number of hydrogen-bond acceptors (Lipinski definition) is 4. The fraction of sp³-hybridized carbons (Fsp3) is 0.500. The number of hydrogen-bond donors (Lipinski definition) is 2. The molecule has 0 spiro atoms. The van der Waals surface area contributed by atoms with E-state index in [1.165, 1.54) is 18.2 Å². The standard InChI is InChI=1S/C14H19FN2O3/c15-13-2-1-11(14(18)17-16)7-12(13)9-20-8-10-3-5-19-6-4-10/h1-2,7,10H,3-6,8-9,16H2,(H,17,18). The van der Waals surface area contributed by atoms with Crippen LogP contribution >= 0.6 is 0 Å². The third-order valence-corrected chi connectivity index (χ3v) is 3.39. The first kappa shape index (κ1) is 14.9. The van der Waals surface area contributed by atoms with E-state index in [-0.39, 0.29) is 12.4 Å². The van der Waals surface area contributed by atoms with Crippen LogP contribution in [0.5, 0.6) is 0 Å². The Balaban J connectivity index is 1.89. The number of ether oxygens (including phenoxy) is 2. The molecule has 0 saturated carbocycles. The lowest BCUT2D eigenvalue weighted by molar-refractivity contribution is 0.0151. The van der Waals surface area contributed by atoms with Crippen molar-refractivity contribution in [1.82, 2.24) is 5.43 Å². The molecule has 2 rings (SSSR count). The van der Waals surface area contributed by atoms with E-state index in [1.54, 1.807) is 0 Å². The van der Waals surface area contributed by atoms with Crippen molar-refractivity contribution in [2.24, 2.45) is 11.8 Å². The van der Waals surface area contributed by atoms with Crippen molar-refractivity contribution in [2.75, 3.05) is 19.8 Å². The minimum atomic E-state index is -0.448. The molecule has 1 aliphatic heterocycles. The van der Waals surface area contributed by atoms with Gasteiger partial charge in [-0.1, -0.05) is 0 Å². The van der Waals surface area contributed by atoms with Crippen LogP contribution < -0.4 is 11.3 Å². The van der Waals surface area contributed by atoms with Gasteiger partial charge in [0, 0.05) is 24.3 Å². The first-order valence-corrected chi connectivity index (χ1v) is 6.65. The summed E-state index contributed by atoms with van der Waals surface area (Å²) in [4.78, 5) is 11.4. The van der Waals surface area contributed by atoms with Gasteiger partial charge in [0.1, 0.15) is 5.82 Å². The topological polar surface area (TPSA) is 73.6 Å². The maximum atomic E-state index is 13.6. The molecule has 6 heteroatoms. The summed E-state index contributed by atoms with van der Waals surface area (Å²) in [5, 5.41) is 0. The van der Waals surface area contributed by atoms with Crippen LogP contribution in [0, 0.1) is 11.7 Å². The van der Waals surface area contributed by atoms with Gasteiger partial charge in [0.15, 0.2) is 0 Å². The molecule has 1 heterocycles. The molecule has 0 aliphatic carbocycles. The van der Waals surface area contributed by atoms with Gasteiger partial charge in [-0.2, -0.15) is 0 Å². The number of benzene rings is 1. The molecule has 1 aromatic rings. The van der Waals surface area contributed by atoms with Gasteiger partial charge in [0.25, 0.3) is 5.91 Å². The number of nitrogen functional groups attached to an aromatic ring is 1. The van der Waals surface area contributed by atoms with Crippen molar-refractivity contribution in [1.29, 1.82) is 0 Å². The van der Waals surface area contributed by atoms with Crippen LogP contribution in [0.4, 0.5) is 4.39 Å². The van der Waals surface area contributed by atoms with Crippen molar-refractivity contribution in [3.05, 3.63) is 35.1 Å². The van der Waals surface area contributed by atoms with Gasteiger partial charge in [-0.25, -0.2) is 10.2 Å². The number of halogens is 1. The van der Waals surface area contributed by atoms with Crippen LogP contribution in [-0.2, 0) is 16.1 Å². The monoisotopic (exact) mass is 282 g/mol. The van der Waals surface area contributed by atoms with Gasteiger partial charge in [0.2, 0.25) is 0 Å². The normalized spacial score (nSPS) is 16.1. The highest BCUT2D eigenvalue weighted by molar-refractivity contribution is 5.93. The Morgan fingerprint density at radius 2 is 2.20 bits per heavy atom. The van der Waals surface area contributed by atoms with E-state index >= 15 is 0 Å². The summed E-state index contributed by atoms with van der Waals surface area (Å²) in [5.41, 5.74) is 2.70. The van der Waals surface area contributed by atoms with Crippen LogP contribution in [0.2, 0.25) is 0 Å². The SMILES string of the molecule is NNC(=O)c1ccc(F)c(COCC2CCOCC2)c1. The predicted molar refractivity (Wildman–Crippen MR) is 71.3 cm³/mol. The van der Waals surface area contributed by atoms with Crippen molar-refractivity contribution < 1.29 is 18.7 Å². The third kappa shape index (κ3) is 4.00. The molecule has 110 valence electrons. The highest BCUT2D eigenvalue weighted by Gasteiger charge is 2.14. The average molecular weight is 282 g/mol. The molecule has 3 N–H and O–H groups in total. The minimum Gasteiger partial charge on any atom is -0.381 e. The number of nitrogens with two attached hydrogens (primary N) is 1. The maximum Gasteiger partial charge on any atom is 0.265 e. The first-order valence-electron chi connectivity index (χ1n) is 6.65. The lowest BCUT2D eigenvalue weighted by Gasteiger charge is -2.21. The van der Waals surface area contributed by atoms with Crippen LogP contribution in [0.1, 0.15) is 28.8 Å². The van der Waals surface area contributed by atoms with E-state index in [1.807, 2.05) is 5.43 Å².